The molecule has 72 valence electrons. The Morgan fingerprint density at radius 3 is 2.71 bits per heavy atom. The molecule has 0 atom stereocenters. The largest absolute Gasteiger partial charge is 0.325 e. The first-order chi connectivity index (χ1) is 6.81. The van der Waals surface area contributed by atoms with E-state index in [1.54, 1.807) is 12.4 Å². The molecule has 0 aliphatic rings. The molecule has 2 rings (SSSR count). The molecule has 0 radical (unpaired) electrons. The zero-order valence-electron chi connectivity index (χ0n) is 8.01. The predicted molar refractivity (Wildman–Crippen MR) is 54.0 cm³/mol. The molecular formula is C10H12N4. The average Bonchev–Trinajstić information content (AvgIpc) is 2.65. The molecule has 2 N–H and O–H groups in total. The molecule has 0 fully saturated rings. The highest BCUT2D eigenvalue weighted by Gasteiger charge is 1.99. The van der Waals surface area contributed by atoms with Gasteiger partial charge in [-0.2, -0.15) is 0 Å². The molecule has 0 unspecified atom stereocenters. The SMILES string of the molecule is Cc1nccn1-c1ccc(CN)nc1. The second-order valence-electron chi connectivity index (χ2n) is 3.06. The summed E-state index contributed by atoms with van der Waals surface area (Å²) in [5, 5.41) is 0. The summed E-state index contributed by atoms with van der Waals surface area (Å²) in [6, 6.07) is 3.92. The highest BCUT2D eigenvalue weighted by Crippen LogP contribution is 2.08. The second-order valence-corrected chi connectivity index (χ2v) is 3.06. The predicted octanol–water partition coefficient (Wildman–Crippen LogP) is 1.03. The van der Waals surface area contributed by atoms with Gasteiger partial charge in [-0.05, 0) is 19.1 Å². The maximum atomic E-state index is 5.47. The third kappa shape index (κ3) is 1.52. The summed E-state index contributed by atoms with van der Waals surface area (Å²) in [5.41, 5.74) is 7.37. The fraction of sp³-hybridized carbons (Fsp3) is 0.200. The number of hydrogen-bond donors (Lipinski definition) is 1. The Morgan fingerprint density at radius 2 is 2.21 bits per heavy atom. The van der Waals surface area contributed by atoms with Gasteiger partial charge in [0.15, 0.2) is 0 Å². The van der Waals surface area contributed by atoms with Gasteiger partial charge in [0.1, 0.15) is 5.82 Å². The van der Waals surface area contributed by atoms with Crippen LogP contribution in [0.25, 0.3) is 5.69 Å². The van der Waals surface area contributed by atoms with Crippen molar-refractivity contribution in [2.45, 2.75) is 13.5 Å². The van der Waals surface area contributed by atoms with Crippen LogP contribution >= 0.6 is 0 Å². The zero-order chi connectivity index (χ0) is 9.97. The van der Waals surface area contributed by atoms with Crippen LogP contribution in [0.3, 0.4) is 0 Å². The van der Waals surface area contributed by atoms with E-state index in [9.17, 15) is 0 Å². The molecule has 0 spiro atoms. The molecule has 0 amide bonds. The van der Waals surface area contributed by atoms with Gasteiger partial charge in [-0.1, -0.05) is 0 Å². The van der Waals surface area contributed by atoms with Crippen molar-refractivity contribution in [3.8, 4) is 5.69 Å². The molecule has 14 heavy (non-hydrogen) atoms. The lowest BCUT2D eigenvalue weighted by atomic mass is 10.3. The van der Waals surface area contributed by atoms with E-state index in [4.69, 9.17) is 5.73 Å². The summed E-state index contributed by atoms with van der Waals surface area (Å²) in [6.07, 6.45) is 5.48. The van der Waals surface area contributed by atoms with E-state index in [0.29, 0.717) is 6.54 Å². The Labute approximate surface area is 82.4 Å². The number of rotatable bonds is 2. The molecule has 0 aliphatic carbocycles. The summed E-state index contributed by atoms with van der Waals surface area (Å²) >= 11 is 0. The average molecular weight is 188 g/mol. The number of aromatic nitrogens is 3. The Balaban J connectivity index is 2.39. The van der Waals surface area contributed by atoms with Crippen LogP contribution in [-0.2, 0) is 6.54 Å². The van der Waals surface area contributed by atoms with Crippen molar-refractivity contribution in [1.29, 1.82) is 0 Å². The van der Waals surface area contributed by atoms with Gasteiger partial charge < -0.3 is 10.3 Å². The Morgan fingerprint density at radius 1 is 1.36 bits per heavy atom. The van der Waals surface area contributed by atoms with E-state index >= 15 is 0 Å². The van der Waals surface area contributed by atoms with Crippen LogP contribution in [0.4, 0.5) is 0 Å². The van der Waals surface area contributed by atoms with Gasteiger partial charge in [-0.25, -0.2) is 4.98 Å². The van der Waals surface area contributed by atoms with Crippen molar-refractivity contribution in [1.82, 2.24) is 14.5 Å². The maximum absolute atomic E-state index is 5.47. The third-order valence-corrected chi connectivity index (χ3v) is 2.12. The summed E-state index contributed by atoms with van der Waals surface area (Å²) in [7, 11) is 0. The fourth-order valence-electron chi connectivity index (χ4n) is 1.33. The molecule has 0 aromatic carbocycles. The maximum Gasteiger partial charge on any atom is 0.110 e. The number of hydrogen-bond acceptors (Lipinski definition) is 3. The van der Waals surface area contributed by atoms with Crippen LogP contribution in [0.2, 0.25) is 0 Å². The molecule has 0 aliphatic heterocycles. The highest BCUT2D eigenvalue weighted by atomic mass is 15.1. The quantitative estimate of drug-likeness (QED) is 0.766. The summed E-state index contributed by atoms with van der Waals surface area (Å²) in [6.45, 7) is 2.43. The third-order valence-electron chi connectivity index (χ3n) is 2.12. The van der Waals surface area contributed by atoms with Crippen LogP contribution in [-0.4, -0.2) is 14.5 Å². The smallest absolute Gasteiger partial charge is 0.110 e. The van der Waals surface area contributed by atoms with Crippen LogP contribution in [0.5, 0.6) is 0 Å². The monoisotopic (exact) mass is 188 g/mol. The minimum Gasteiger partial charge on any atom is -0.325 e. The number of imidazole rings is 1. The molecule has 0 saturated carbocycles. The van der Waals surface area contributed by atoms with Crippen molar-refractivity contribution < 1.29 is 0 Å². The van der Waals surface area contributed by atoms with Gasteiger partial charge in [-0.3, -0.25) is 4.98 Å². The lowest BCUT2D eigenvalue weighted by Crippen LogP contribution is -2.01. The van der Waals surface area contributed by atoms with E-state index < -0.39 is 0 Å². The normalized spacial score (nSPS) is 10.4. The minimum absolute atomic E-state index is 0.475. The molecule has 2 aromatic rings. The van der Waals surface area contributed by atoms with Crippen molar-refractivity contribution in [2.24, 2.45) is 5.73 Å². The van der Waals surface area contributed by atoms with Crippen LogP contribution < -0.4 is 5.73 Å². The molecular weight excluding hydrogens is 176 g/mol. The first-order valence-corrected chi connectivity index (χ1v) is 4.46. The van der Waals surface area contributed by atoms with Gasteiger partial charge in [-0.15, -0.1) is 0 Å². The van der Waals surface area contributed by atoms with Crippen LogP contribution in [0.1, 0.15) is 11.5 Å². The lowest BCUT2D eigenvalue weighted by Gasteiger charge is -2.04. The van der Waals surface area contributed by atoms with Gasteiger partial charge in [0.25, 0.3) is 0 Å². The van der Waals surface area contributed by atoms with Gasteiger partial charge in [0, 0.05) is 18.9 Å². The number of nitrogens with zero attached hydrogens (tertiary/aromatic N) is 3. The molecule has 4 heteroatoms. The topological polar surface area (TPSA) is 56.7 Å². The van der Waals surface area contributed by atoms with Gasteiger partial charge in [0.05, 0.1) is 17.6 Å². The molecule has 4 nitrogen and oxygen atoms in total. The molecule has 0 saturated heterocycles. The Bertz CT molecular complexity index is 416. The zero-order valence-corrected chi connectivity index (χ0v) is 8.01. The standard InChI is InChI=1S/C10H12N4/c1-8-12-4-5-14(8)10-3-2-9(6-11)13-7-10/h2-5,7H,6,11H2,1H3. The number of aryl methyl sites for hydroxylation is 1. The van der Waals surface area contributed by atoms with Crippen LogP contribution in [0, 0.1) is 6.92 Å². The van der Waals surface area contributed by atoms with E-state index in [-0.39, 0.29) is 0 Å². The van der Waals surface area contributed by atoms with Crippen molar-refractivity contribution in [3.63, 3.8) is 0 Å². The number of pyridine rings is 1. The highest BCUT2D eigenvalue weighted by molar-refractivity contribution is 5.31. The first-order valence-electron chi connectivity index (χ1n) is 4.46. The van der Waals surface area contributed by atoms with E-state index in [1.165, 1.54) is 0 Å². The van der Waals surface area contributed by atoms with Crippen molar-refractivity contribution in [2.75, 3.05) is 0 Å². The molecule has 2 heterocycles. The molecule has 2 aromatic heterocycles. The van der Waals surface area contributed by atoms with E-state index in [0.717, 1.165) is 17.2 Å². The van der Waals surface area contributed by atoms with Crippen molar-refractivity contribution >= 4 is 0 Å². The van der Waals surface area contributed by atoms with E-state index in [1.807, 2.05) is 29.8 Å². The van der Waals surface area contributed by atoms with Gasteiger partial charge in [0.2, 0.25) is 0 Å². The summed E-state index contributed by atoms with van der Waals surface area (Å²) in [5.74, 6) is 0.951. The summed E-state index contributed by atoms with van der Waals surface area (Å²) in [4.78, 5) is 8.37. The number of nitrogens with two attached hydrogens (primary N) is 1. The Kier molecular flexibility index (Phi) is 2.28. The second kappa shape index (κ2) is 3.59. The van der Waals surface area contributed by atoms with Crippen molar-refractivity contribution in [3.05, 3.63) is 42.2 Å². The lowest BCUT2D eigenvalue weighted by molar-refractivity contribution is 0.938. The fourth-order valence-corrected chi connectivity index (χ4v) is 1.33. The van der Waals surface area contributed by atoms with E-state index in [2.05, 4.69) is 9.97 Å². The first kappa shape index (κ1) is 8.90. The van der Waals surface area contributed by atoms with Gasteiger partial charge >= 0.3 is 0 Å². The minimum atomic E-state index is 0.475. The Hall–Kier alpha value is -1.68. The summed E-state index contributed by atoms with van der Waals surface area (Å²) < 4.78 is 1.98. The van der Waals surface area contributed by atoms with Crippen LogP contribution in [0.15, 0.2) is 30.7 Å². The molecule has 0 bridgehead atoms.